The molecule has 2 aromatic rings. The average molecular weight is 312 g/mol. The highest BCUT2D eigenvalue weighted by Gasteiger charge is 2.24. The van der Waals surface area contributed by atoms with Crippen molar-refractivity contribution in [1.29, 1.82) is 0 Å². The first-order valence-corrected chi connectivity index (χ1v) is 8.10. The molecule has 2 heterocycles. The molecule has 0 unspecified atom stereocenters. The van der Waals surface area contributed by atoms with E-state index >= 15 is 0 Å². The van der Waals surface area contributed by atoms with Gasteiger partial charge in [0.2, 0.25) is 0 Å². The van der Waals surface area contributed by atoms with E-state index in [1.54, 1.807) is 24.4 Å². The van der Waals surface area contributed by atoms with Crippen LogP contribution in [0.25, 0.3) is 5.65 Å². The van der Waals surface area contributed by atoms with E-state index in [9.17, 15) is 8.42 Å². The number of aromatic nitrogens is 2. The molecule has 0 saturated heterocycles. The maximum absolute atomic E-state index is 12.5. The summed E-state index contributed by atoms with van der Waals surface area (Å²) in [5, 5.41) is 0.0137. The van der Waals surface area contributed by atoms with Crippen LogP contribution in [0.4, 0.5) is 5.82 Å². The van der Waals surface area contributed by atoms with E-state index in [1.165, 1.54) is 4.40 Å². The van der Waals surface area contributed by atoms with Gasteiger partial charge in [0.15, 0.2) is 10.8 Å². The van der Waals surface area contributed by atoms with Gasteiger partial charge in [-0.25, -0.2) is 24.0 Å². The molecule has 116 valence electrons. The molecule has 0 fully saturated rings. The maximum Gasteiger partial charge on any atom is 0.260 e. The summed E-state index contributed by atoms with van der Waals surface area (Å²) >= 11 is 0. The largest absolute Gasteiger partial charge is 0.306 e. The van der Waals surface area contributed by atoms with Crippen molar-refractivity contribution in [3.63, 3.8) is 0 Å². The smallest absolute Gasteiger partial charge is 0.260 e. The molecule has 9 heteroatoms. The van der Waals surface area contributed by atoms with Crippen molar-refractivity contribution in [2.75, 3.05) is 32.1 Å². The predicted molar refractivity (Wildman–Crippen MR) is 81.4 cm³/mol. The van der Waals surface area contributed by atoms with Crippen LogP contribution < -0.4 is 16.0 Å². The van der Waals surface area contributed by atoms with Gasteiger partial charge in [-0.2, -0.15) is 0 Å². The second kappa shape index (κ2) is 6.39. The van der Waals surface area contributed by atoms with Crippen molar-refractivity contribution in [2.45, 2.75) is 11.9 Å². The number of hydrazine groups is 1. The number of nitrogen functional groups attached to an aromatic ring is 1. The molecule has 0 aliphatic heterocycles. The summed E-state index contributed by atoms with van der Waals surface area (Å²) in [4.78, 5) is 6.17. The van der Waals surface area contributed by atoms with Crippen LogP contribution in [0, 0.1) is 0 Å². The second-order valence-electron chi connectivity index (χ2n) is 4.63. The zero-order valence-corrected chi connectivity index (χ0v) is 12.9. The van der Waals surface area contributed by atoms with Crippen LogP contribution in [0.2, 0.25) is 0 Å². The number of sulfonamides is 1. The first-order chi connectivity index (χ1) is 9.99. The Morgan fingerprint density at radius 1 is 1.43 bits per heavy atom. The topological polar surface area (TPSA) is 105 Å². The number of nitrogens with one attached hydrogen (secondary N) is 2. The Kier molecular flexibility index (Phi) is 4.78. The third-order valence-electron chi connectivity index (χ3n) is 3.20. The molecule has 0 bridgehead atoms. The number of pyridine rings is 1. The lowest BCUT2D eigenvalue weighted by atomic mass is 10.5. The zero-order chi connectivity index (χ0) is 15.5. The van der Waals surface area contributed by atoms with Gasteiger partial charge >= 0.3 is 0 Å². The molecule has 0 amide bonds. The van der Waals surface area contributed by atoms with E-state index < -0.39 is 10.0 Å². The van der Waals surface area contributed by atoms with Crippen molar-refractivity contribution in [2.24, 2.45) is 5.84 Å². The van der Waals surface area contributed by atoms with E-state index in [-0.39, 0.29) is 10.8 Å². The molecule has 0 aliphatic rings. The molecule has 8 nitrogen and oxygen atoms in total. The lowest BCUT2D eigenvalue weighted by molar-refractivity contribution is 0.358. The highest BCUT2D eigenvalue weighted by atomic mass is 32.2. The minimum atomic E-state index is -3.71. The summed E-state index contributed by atoms with van der Waals surface area (Å²) in [5.41, 5.74) is 2.85. The van der Waals surface area contributed by atoms with E-state index in [1.807, 2.05) is 18.9 Å². The van der Waals surface area contributed by atoms with Crippen LogP contribution in [-0.2, 0) is 10.0 Å². The molecule has 0 aliphatic carbocycles. The van der Waals surface area contributed by atoms with Gasteiger partial charge in [-0.05, 0) is 25.7 Å². The number of rotatable bonds is 7. The summed E-state index contributed by atoms with van der Waals surface area (Å²) < 4.78 is 29.0. The number of hydrogen-bond acceptors (Lipinski definition) is 6. The molecule has 0 aromatic carbocycles. The van der Waals surface area contributed by atoms with Crippen molar-refractivity contribution in [3.05, 3.63) is 24.4 Å². The Balaban J connectivity index is 2.31. The number of fused-ring (bicyclic) bond motifs is 1. The van der Waals surface area contributed by atoms with E-state index in [0.717, 1.165) is 6.54 Å². The van der Waals surface area contributed by atoms with Crippen LogP contribution in [-0.4, -0.2) is 49.4 Å². The van der Waals surface area contributed by atoms with Gasteiger partial charge in [0.05, 0.1) is 0 Å². The Morgan fingerprint density at radius 2 is 2.19 bits per heavy atom. The third kappa shape index (κ3) is 3.32. The molecule has 0 atom stereocenters. The Bertz CT molecular complexity index is 712. The van der Waals surface area contributed by atoms with Crippen molar-refractivity contribution in [3.8, 4) is 0 Å². The number of hydrogen-bond donors (Lipinski definition) is 3. The monoisotopic (exact) mass is 312 g/mol. The van der Waals surface area contributed by atoms with Gasteiger partial charge in [-0.3, -0.25) is 4.40 Å². The van der Waals surface area contributed by atoms with Crippen LogP contribution in [0.15, 0.2) is 29.4 Å². The third-order valence-corrected chi connectivity index (χ3v) is 4.69. The standard InChI is InChI=1S/C12H20N6O2S/c1-3-17(2)9-7-14-21(19,20)12-11(16-13)15-10-6-4-5-8-18(10)12/h4-6,8,14,16H,3,7,9,13H2,1-2H3. The minimum absolute atomic E-state index is 0.0137. The number of imidazole rings is 1. The van der Waals surface area contributed by atoms with Crippen molar-refractivity contribution >= 4 is 21.5 Å². The predicted octanol–water partition coefficient (Wildman–Crippen LogP) is -0.150. The summed E-state index contributed by atoms with van der Waals surface area (Å²) in [6.07, 6.45) is 1.63. The fraction of sp³-hybridized carbons (Fsp3) is 0.417. The highest BCUT2D eigenvalue weighted by Crippen LogP contribution is 2.21. The van der Waals surface area contributed by atoms with Gasteiger partial charge in [0, 0.05) is 19.3 Å². The molecule has 2 aromatic heterocycles. The number of nitrogens with two attached hydrogens (primary N) is 1. The molecule has 4 N–H and O–H groups in total. The van der Waals surface area contributed by atoms with Crippen LogP contribution in [0.1, 0.15) is 6.92 Å². The first kappa shape index (κ1) is 15.7. The number of anilines is 1. The SMILES string of the molecule is CCN(C)CCNS(=O)(=O)c1c(NN)nc2ccccn12. The van der Waals surface area contributed by atoms with E-state index in [4.69, 9.17) is 5.84 Å². The second-order valence-corrected chi connectivity index (χ2v) is 6.31. The molecular weight excluding hydrogens is 292 g/mol. The summed E-state index contributed by atoms with van der Waals surface area (Å²) in [7, 11) is -1.78. The first-order valence-electron chi connectivity index (χ1n) is 6.61. The molecule has 0 radical (unpaired) electrons. The van der Waals surface area contributed by atoms with E-state index in [2.05, 4.69) is 15.1 Å². The van der Waals surface area contributed by atoms with Crippen molar-refractivity contribution < 1.29 is 8.42 Å². The lowest BCUT2D eigenvalue weighted by Gasteiger charge is -2.14. The Labute approximate surface area is 124 Å². The fourth-order valence-electron chi connectivity index (χ4n) is 1.92. The molecule has 2 rings (SSSR count). The quantitative estimate of drug-likeness (QED) is 0.485. The Morgan fingerprint density at radius 3 is 2.86 bits per heavy atom. The number of likely N-dealkylation sites (N-methyl/N-ethyl adjacent to an activating group) is 1. The zero-order valence-electron chi connectivity index (χ0n) is 12.1. The lowest BCUT2D eigenvalue weighted by Crippen LogP contribution is -2.33. The van der Waals surface area contributed by atoms with Crippen LogP contribution >= 0.6 is 0 Å². The average Bonchev–Trinajstić information content (AvgIpc) is 2.86. The van der Waals surface area contributed by atoms with Crippen LogP contribution in [0.3, 0.4) is 0 Å². The van der Waals surface area contributed by atoms with Gasteiger partial charge in [0.1, 0.15) is 5.65 Å². The molecule has 0 spiro atoms. The summed E-state index contributed by atoms with van der Waals surface area (Å²) in [6, 6.07) is 5.23. The highest BCUT2D eigenvalue weighted by molar-refractivity contribution is 7.89. The van der Waals surface area contributed by atoms with Crippen LogP contribution in [0.5, 0.6) is 0 Å². The normalized spacial score (nSPS) is 12.2. The molecule has 21 heavy (non-hydrogen) atoms. The van der Waals surface area contributed by atoms with Gasteiger partial charge in [-0.15, -0.1) is 0 Å². The Hall–Kier alpha value is -1.68. The summed E-state index contributed by atoms with van der Waals surface area (Å²) in [6.45, 7) is 3.80. The minimum Gasteiger partial charge on any atom is -0.306 e. The van der Waals surface area contributed by atoms with Gasteiger partial charge in [-0.1, -0.05) is 13.0 Å². The number of nitrogens with zero attached hydrogens (tertiary/aromatic N) is 3. The van der Waals surface area contributed by atoms with Crippen molar-refractivity contribution in [1.82, 2.24) is 19.0 Å². The maximum atomic E-state index is 12.5. The fourth-order valence-corrected chi connectivity index (χ4v) is 3.19. The van der Waals surface area contributed by atoms with E-state index in [0.29, 0.717) is 18.7 Å². The molecule has 0 saturated carbocycles. The van der Waals surface area contributed by atoms with Gasteiger partial charge in [0.25, 0.3) is 10.0 Å². The van der Waals surface area contributed by atoms with Gasteiger partial charge < -0.3 is 10.3 Å². The molecular formula is C12H20N6O2S. The summed E-state index contributed by atoms with van der Waals surface area (Å²) in [5.74, 6) is 5.51.